The van der Waals surface area contributed by atoms with Crippen molar-refractivity contribution in [1.82, 2.24) is 9.97 Å². The lowest BCUT2D eigenvalue weighted by atomic mass is 10.3. The highest BCUT2D eigenvalue weighted by atomic mass is 19.4. The summed E-state index contributed by atoms with van der Waals surface area (Å²) in [5, 5.41) is 0. The molecular formula is C11H10F4N4. The fourth-order valence-electron chi connectivity index (χ4n) is 1.01. The Morgan fingerprint density at radius 1 is 1.00 bits per heavy atom. The van der Waals surface area contributed by atoms with Gasteiger partial charge in [0, 0.05) is 12.4 Å². The zero-order valence-corrected chi connectivity index (χ0v) is 9.53. The molecule has 2 aromatic heterocycles. The van der Waals surface area contributed by atoms with E-state index in [0.717, 1.165) is 12.3 Å². The molecule has 4 nitrogen and oxygen atoms in total. The number of anilines is 2. The molecule has 19 heavy (non-hydrogen) atoms. The summed E-state index contributed by atoms with van der Waals surface area (Å²) in [7, 11) is 0. The van der Waals surface area contributed by atoms with Gasteiger partial charge in [0.2, 0.25) is 5.95 Å². The summed E-state index contributed by atoms with van der Waals surface area (Å²) in [4.78, 5) is 6.60. The van der Waals surface area contributed by atoms with Gasteiger partial charge in [-0.05, 0) is 18.2 Å². The number of hydrogen-bond acceptors (Lipinski definition) is 4. The second kappa shape index (κ2) is 5.98. The molecule has 0 fully saturated rings. The standard InChI is InChI=1S/C6H3F4N.C5H7N3/c7-5-4(6(8,9)10)2-1-3-11-5;6-4-1-2-8-3-5(4)7/h1-3H;1-3H,7H2,(H2,6,8). The number of rotatable bonds is 0. The number of aromatic nitrogens is 2. The van der Waals surface area contributed by atoms with E-state index < -0.39 is 17.7 Å². The number of nitrogens with zero attached hydrogens (tertiary/aromatic N) is 2. The number of nitrogens with two attached hydrogens (primary N) is 2. The van der Waals surface area contributed by atoms with Crippen LogP contribution in [0.2, 0.25) is 0 Å². The van der Waals surface area contributed by atoms with Crippen LogP contribution < -0.4 is 11.5 Å². The smallest absolute Gasteiger partial charge is 0.397 e. The van der Waals surface area contributed by atoms with E-state index >= 15 is 0 Å². The molecule has 0 amide bonds. The van der Waals surface area contributed by atoms with E-state index in [2.05, 4.69) is 9.97 Å². The quantitative estimate of drug-likeness (QED) is 0.571. The van der Waals surface area contributed by atoms with E-state index in [1.54, 1.807) is 12.3 Å². The van der Waals surface area contributed by atoms with Gasteiger partial charge >= 0.3 is 6.18 Å². The Bertz CT molecular complexity index is 521. The summed E-state index contributed by atoms with van der Waals surface area (Å²) in [5.41, 5.74) is 10.5. The van der Waals surface area contributed by atoms with Crippen LogP contribution in [0.1, 0.15) is 5.56 Å². The van der Waals surface area contributed by atoms with Crippen LogP contribution >= 0.6 is 0 Å². The Labute approximate surface area is 106 Å². The lowest BCUT2D eigenvalue weighted by Gasteiger charge is -2.04. The number of halogens is 4. The summed E-state index contributed by atoms with van der Waals surface area (Å²) in [5.74, 6) is -1.49. The van der Waals surface area contributed by atoms with E-state index in [1.165, 1.54) is 6.20 Å². The molecular weight excluding hydrogens is 264 g/mol. The van der Waals surface area contributed by atoms with Crippen molar-refractivity contribution >= 4 is 11.4 Å². The molecule has 0 spiro atoms. The lowest BCUT2D eigenvalue weighted by Crippen LogP contribution is -2.08. The van der Waals surface area contributed by atoms with Crippen molar-refractivity contribution in [3.05, 3.63) is 48.3 Å². The molecule has 0 saturated carbocycles. The Kier molecular flexibility index (Phi) is 4.62. The molecule has 0 aromatic carbocycles. The molecule has 102 valence electrons. The van der Waals surface area contributed by atoms with Gasteiger partial charge < -0.3 is 11.5 Å². The molecule has 0 aliphatic rings. The van der Waals surface area contributed by atoms with Crippen LogP contribution in [0.25, 0.3) is 0 Å². The maximum atomic E-state index is 12.3. The Morgan fingerprint density at radius 2 is 1.68 bits per heavy atom. The van der Waals surface area contributed by atoms with Gasteiger partial charge in [-0.2, -0.15) is 17.6 Å². The third kappa shape index (κ3) is 4.41. The van der Waals surface area contributed by atoms with Gasteiger partial charge in [0.25, 0.3) is 0 Å². The monoisotopic (exact) mass is 274 g/mol. The first-order valence-electron chi connectivity index (χ1n) is 4.95. The van der Waals surface area contributed by atoms with Crippen LogP contribution in [0.3, 0.4) is 0 Å². The highest BCUT2D eigenvalue weighted by molar-refractivity contribution is 5.60. The largest absolute Gasteiger partial charge is 0.420 e. The minimum Gasteiger partial charge on any atom is -0.397 e. The molecule has 0 saturated heterocycles. The molecule has 0 bridgehead atoms. The SMILES string of the molecule is Fc1ncccc1C(F)(F)F.Nc1ccncc1N. The molecule has 2 rings (SSSR count). The van der Waals surface area contributed by atoms with Gasteiger partial charge in [0.15, 0.2) is 0 Å². The molecule has 0 aliphatic carbocycles. The predicted octanol–water partition coefficient (Wildman–Crippen LogP) is 2.49. The topological polar surface area (TPSA) is 77.8 Å². The maximum Gasteiger partial charge on any atom is 0.420 e. The summed E-state index contributed by atoms with van der Waals surface area (Å²) < 4.78 is 47.6. The van der Waals surface area contributed by atoms with Gasteiger partial charge in [-0.25, -0.2) is 4.98 Å². The average molecular weight is 274 g/mol. The molecule has 4 N–H and O–H groups in total. The summed E-state index contributed by atoms with van der Waals surface area (Å²) in [6, 6.07) is 3.34. The van der Waals surface area contributed by atoms with Crippen molar-refractivity contribution in [3.63, 3.8) is 0 Å². The van der Waals surface area contributed by atoms with E-state index in [4.69, 9.17) is 11.5 Å². The summed E-state index contributed by atoms with van der Waals surface area (Å²) in [6.45, 7) is 0. The lowest BCUT2D eigenvalue weighted by molar-refractivity contribution is -0.140. The van der Waals surface area contributed by atoms with Crippen molar-refractivity contribution in [2.45, 2.75) is 6.18 Å². The van der Waals surface area contributed by atoms with Gasteiger partial charge in [-0.3, -0.25) is 4.98 Å². The second-order valence-electron chi connectivity index (χ2n) is 3.34. The zero-order chi connectivity index (χ0) is 14.5. The van der Waals surface area contributed by atoms with Gasteiger partial charge in [0.05, 0.1) is 17.6 Å². The minimum absolute atomic E-state index is 0.535. The zero-order valence-electron chi connectivity index (χ0n) is 9.53. The van der Waals surface area contributed by atoms with Crippen molar-refractivity contribution in [3.8, 4) is 0 Å². The summed E-state index contributed by atoms with van der Waals surface area (Å²) in [6.07, 6.45) is -0.566. The van der Waals surface area contributed by atoms with Crippen LogP contribution in [0.4, 0.5) is 28.9 Å². The highest BCUT2D eigenvalue weighted by Crippen LogP contribution is 2.29. The minimum atomic E-state index is -4.65. The highest BCUT2D eigenvalue weighted by Gasteiger charge is 2.34. The normalized spacial score (nSPS) is 10.5. The fourth-order valence-corrected chi connectivity index (χ4v) is 1.01. The van der Waals surface area contributed by atoms with Crippen molar-refractivity contribution in [2.24, 2.45) is 0 Å². The molecule has 0 atom stereocenters. The molecule has 8 heteroatoms. The van der Waals surface area contributed by atoms with Crippen LogP contribution in [0, 0.1) is 5.95 Å². The molecule has 2 heterocycles. The van der Waals surface area contributed by atoms with Crippen molar-refractivity contribution < 1.29 is 17.6 Å². The van der Waals surface area contributed by atoms with Crippen LogP contribution in [0.15, 0.2) is 36.8 Å². The van der Waals surface area contributed by atoms with Crippen molar-refractivity contribution in [2.75, 3.05) is 11.5 Å². The Balaban J connectivity index is 0.000000200. The van der Waals surface area contributed by atoms with E-state index in [9.17, 15) is 17.6 Å². The maximum absolute atomic E-state index is 12.3. The fraction of sp³-hybridized carbons (Fsp3) is 0.0909. The van der Waals surface area contributed by atoms with Gasteiger partial charge in [-0.1, -0.05) is 0 Å². The summed E-state index contributed by atoms with van der Waals surface area (Å²) >= 11 is 0. The van der Waals surface area contributed by atoms with Crippen LogP contribution in [-0.4, -0.2) is 9.97 Å². The Morgan fingerprint density at radius 3 is 2.05 bits per heavy atom. The molecule has 0 aliphatic heterocycles. The van der Waals surface area contributed by atoms with E-state index in [1.807, 2.05) is 0 Å². The first-order chi connectivity index (χ1) is 8.82. The van der Waals surface area contributed by atoms with Crippen molar-refractivity contribution in [1.29, 1.82) is 0 Å². The Hall–Kier alpha value is -2.38. The third-order valence-electron chi connectivity index (χ3n) is 1.95. The van der Waals surface area contributed by atoms with E-state index in [-0.39, 0.29) is 0 Å². The first-order valence-corrected chi connectivity index (χ1v) is 4.95. The molecule has 0 unspecified atom stereocenters. The number of hydrogen-bond donors (Lipinski definition) is 2. The van der Waals surface area contributed by atoms with E-state index in [0.29, 0.717) is 17.4 Å². The predicted molar refractivity (Wildman–Crippen MR) is 62.3 cm³/mol. The first kappa shape index (κ1) is 14.7. The average Bonchev–Trinajstić information content (AvgIpc) is 2.33. The number of alkyl halides is 3. The molecule has 2 aromatic rings. The number of pyridine rings is 2. The molecule has 0 radical (unpaired) electrons. The van der Waals surface area contributed by atoms with Gasteiger partial charge in [0.1, 0.15) is 5.56 Å². The third-order valence-corrected chi connectivity index (χ3v) is 1.95. The second-order valence-corrected chi connectivity index (χ2v) is 3.34. The van der Waals surface area contributed by atoms with Gasteiger partial charge in [-0.15, -0.1) is 0 Å². The van der Waals surface area contributed by atoms with Crippen LogP contribution in [0.5, 0.6) is 0 Å². The van der Waals surface area contributed by atoms with Crippen LogP contribution in [-0.2, 0) is 6.18 Å². The number of nitrogen functional groups attached to an aromatic ring is 2.